The first-order valence-electron chi connectivity index (χ1n) is 9.27. The molecule has 0 aliphatic carbocycles. The zero-order valence-electron chi connectivity index (χ0n) is 16.0. The first kappa shape index (κ1) is 21.2. The number of fused-ring (bicyclic) bond motifs is 1. The van der Waals surface area contributed by atoms with Crippen molar-refractivity contribution in [1.82, 2.24) is 9.78 Å². The van der Waals surface area contributed by atoms with Gasteiger partial charge in [-0.25, -0.2) is 4.68 Å². The van der Waals surface area contributed by atoms with Crippen molar-refractivity contribution in [1.29, 1.82) is 0 Å². The standard InChI is InChI=1S/C22H18F3N3O2S/c23-22(24,25)21(29,14-31-19-9-7-17(27-30)8-10-19)16-6-11-20-15(12-16)13-26-28(20)18-4-2-1-3-5-18/h1-13,27,29-30H,14H2. The van der Waals surface area contributed by atoms with E-state index in [4.69, 9.17) is 5.21 Å². The molecule has 0 aliphatic heterocycles. The number of benzene rings is 3. The Morgan fingerprint density at radius 2 is 1.68 bits per heavy atom. The molecule has 31 heavy (non-hydrogen) atoms. The lowest BCUT2D eigenvalue weighted by Crippen LogP contribution is -2.44. The second-order valence-corrected chi connectivity index (χ2v) is 8.00. The van der Waals surface area contributed by atoms with Gasteiger partial charge in [0.05, 0.1) is 23.1 Å². The maximum Gasteiger partial charge on any atom is 0.422 e. The van der Waals surface area contributed by atoms with Crippen molar-refractivity contribution in [3.05, 3.63) is 84.6 Å². The third kappa shape index (κ3) is 4.12. The zero-order valence-corrected chi connectivity index (χ0v) is 16.9. The van der Waals surface area contributed by atoms with Gasteiger partial charge in [0, 0.05) is 16.0 Å². The van der Waals surface area contributed by atoms with Gasteiger partial charge in [-0.1, -0.05) is 24.3 Å². The second-order valence-electron chi connectivity index (χ2n) is 6.95. The molecule has 5 nitrogen and oxygen atoms in total. The Morgan fingerprint density at radius 1 is 0.968 bits per heavy atom. The second kappa shape index (κ2) is 8.26. The molecule has 1 heterocycles. The maximum absolute atomic E-state index is 14.0. The van der Waals surface area contributed by atoms with Gasteiger partial charge in [0.15, 0.2) is 5.60 Å². The predicted molar refractivity (Wildman–Crippen MR) is 114 cm³/mol. The van der Waals surface area contributed by atoms with Crippen molar-refractivity contribution in [3.63, 3.8) is 0 Å². The van der Waals surface area contributed by atoms with Crippen molar-refractivity contribution in [2.24, 2.45) is 0 Å². The minimum Gasteiger partial charge on any atom is -0.376 e. The molecule has 1 atom stereocenters. The third-order valence-electron chi connectivity index (χ3n) is 4.95. The van der Waals surface area contributed by atoms with Crippen LogP contribution < -0.4 is 5.48 Å². The number of halogens is 3. The summed E-state index contributed by atoms with van der Waals surface area (Å²) in [7, 11) is 0. The van der Waals surface area contributed by atoms with Crippen LogP contribution in [0.15, 0.2) is 83.9 Å². The summed E-state index contributed by atoms with van der Waals surface area (Å²) >= 11 is 0.875. The van der Waals surface area contributed by atoms with Gasteiger partial charge < -0.3 is 5.11 Å². The number of nitrogens with one attached hydrogen (secondary N) is 1. The summed E-state index contributed by atoms with van der Waals surface area (Å²) in [6, 6.07) is 19.6. The molecule has 1 aromatic heterocycles. The van der Waals surface area contributed by atoms with E-state index in [1.165, 1.54) is 36.5 Å². The van der Waals surface area contributed by atoms with Crippen molar-refractivity contribution in [2.75, 3.05) is 11.2 Å². The third-order valence-corrected chi connectivity index (χ3v) is 6.11. The Hall–Kier alpha value is -3.01. The predicted octanol–water partition coefficient (Wildman–Crippen LogP) is 5.37. The molecular formula is C22H18F3N3O2S. The van der Waals surface area contributed by atoms with Gasteiger partial charge >= 0.3 is 6.18 Å². The Bertz CT molecular complexity index is 1180. The summed E-state index contributed by atoms with van der Waals surface area (Å²) in [6.45, 7) is 0. The molecule has 4 aromatic rings. The number of para-hydroxylation sites is 1. The van der Waals surface area contributed by atoms with Crippen LogP contribution in [0.2, 0.25) is 0 Å². The van der Waals surface area contributed by atoms with Gasteiger partial charge in [0.1, 0.15) is 0 Å². The molecule has 160 valence electrons. The van der Waals surface area contributed by atoms with Gasteiger partial charge in [-0.2, -0.15) is 18.3 Å². The van der Waals surface area contributed by atoms with E-state index in [-0.39, 0.29) is 5.56 Å². The van der Waals surface area contributed by atoms with Crippen molar-refractivity contribution in [3.8, 4) is 5.69 Å². The molecule has 3 N–H and O–H groups in total. The zero-order chi connectivity index (χ0) is 22.1. The number of aromatic nitrogens is 2. The first-order chi connectivity index (χ1) is 14.8. The Kier molecular flexibility index (Phi) is 5.65. The van der Waals surface area contributed by atoms with Gasteiger partial charge in [0.2, 0.25) is 0 Å². The van der Waals surface area contributed by atoms with E-state index in [1.807, 2.05) is 35.8 Å². The van der Waals surface area contributed by atoms with Crippen LogP contribution in [0, 0.1) is 0 Å². The lowest BCUT2D eigenvalue weighted by Gasteiger charge is -2.30. The minimum absolute atomic E-state index is 0.249. The topological polar surface area (TPSA) is 70.3 Å². The quantitative estimate of drug-likeness (QED) is 0.275. The molecule has 0 amide bonds. The normalized spacial score (nSPS) is 13.8. The highest BCUT2D eigenvalue weighted by molar-refractivity contribution is 7.99. The van der Waals surface area contributed by atoms with E-state index in [9.17, 15) is 18.3 Å². The van der Waals surface area contributed by atoms with Crippen LogP contribution in [0.3, 0.4) is 0 Å². The number of anilines is 1. The highest BCUT2D eigenvalue weighted by Gasteiger charge is 2.55. The summed E-state index contributed by atoms with van der Waals surface area (Å²) < 4.78 is 43.5. The van der Waals surface area contributed by atoms with Crippen LogP contribution in [-0.4, -0.2) is 32.0 Å². The van der Waals surface area contributed by atoms with Gasteiger partial charge in [-0.3, -0.25) is 10.7 Å². The average molecular weight is 445 g/mol. The lowest BCUT2D eigenvalue weighted by atomic mass is 9.94. The summed E-state index contributed by atoms with van der Waals surface area (Å²) in [4.78, 5) is 0.527. The first-order valence-corrected chi connectivity index (χ1v) is 10.3. The molecule has 0 aliphatic rings. The van der Waals surface area contributed by atoms with Gasteiger partial charge in [0.25, 0.3) is 0 Å². The molecule has 0 saturated heterocycles. The van der Waals surface area contributed by atoms with E-state index >= 15 is 0 Å². The molecule has 0 bridgehead atoms. The van der Waals surface area contributed by atoms with Gasteiger partial charge in [-0.05, 0) is 54.1 Å². The van der Waals surface area contributed by atoms with Crippen LogP contribution in [-0.2, 0) is 5.60 Å². The van der Waals surface area contributed by atoms with Crippen LogP contribution in [0.4, 0.5) is 18.9 Å². The molecule has 0 radical (unpaired) electrons. The van der Waals surface area contributed by atoms with Gasteiger partial charge in [-0.15, -0.1) is 11.8 Å². The Balaban J connectivity index is 1.67. The van der Waals surface area contributed by atoms with Crippen LogP contribution in [0.1, 0.15) is 5.56 Å². The van der Waals surface area contributed by atoms with Crippen molar-refractivity contribution >= 4 is 28.4 Å². The SMILES string of the molecule is ONc1ccc(SCC(O)(c2ccc3c(cnn3-c3ccccc3)c2)C(F)(F)F)cc1. The summed E-state index contributed by atoms with van der Waals surface area (Å²) in [6.07, 6.45) is -3.40. The molecule has 3 aromatic carbocycles. The molecule has 0 fully saturated rings. The maximum atomic E-state index is 14.0. The summed E-state index contributed by atoms with van der Waals surface area (Å²) in [5, 5.41) is 24.4. The van der Waals surface area contributed by atoms with E-state index in [0.29, 0.717) is 21.5 Å². The van der Waals surface area contributed by atoms with Crippen LogP contribution >= 0.6 is 11.8 Å². The number of aliphatic hydroxyl groups is 1. The summed E-state index contributed by atoms with van der Waals surface area (Å²) in [5.41, 5.74) is 0.501. The number of hydrogen-bond acceptors (Lipinski definition) is 5. The van der Waals surface area contributed by atoms with Crippen LogP contribution in [0.25, 0.3) is 16.6 Å². The minimum atomic E-state index is -4.88. The molecular weight excluding hydrogens is 427 g/mol. The van der Waals surface area contributed by atoms with Crippen LogP contribution in [0.5, 0.6) is 0 Å². The molecule has 1 unspecified atom stereocenters. The van der Waals surface area contributed by atoms with E-state index in [0.717, 1.165) is 17.4 Å². The molecule has 0 spiro atoms. The highest BCUT2D eigenvalue weighted by atomic mass is 32.2. The number of alkyl halides is 3. The fourth-order valence-electron chi connectivity index (χ4n) is 3.21. The van der Waals surface area contributed by atoms with E-state index in [1.54, 1.807) is 16.8 Å². The summed E-state index contributed by atoms with van der Waals surface area (Å²) in [5.74, 6) is -0.624. The molecule has 9 heteroatoms. The highest BCUT2D eigenvalue weighted by Crippen LogP contribution is 2.43. The number of thioether (sulfide) groups is 1. The van der Waals surface area contributed by atoms with Crippen molar-refractivity contribution in [2.45, 2.75) is 16.7 Å². The molecule has 4 rings (SSSR count). The number of rotatable bonds is 6. The number of hydrogen-bond donors (Lipinski definition) is 3. The van der Waals surface area contributed by atoms with E-state index < -0.39 is 17.5 Å². The largest absolute Gasteiger partial charge is 0.422 e. The smallest absolute Gasteiger partial charge is 0.376 e. The average Bonchev–Trinajstić information content (AvgIpc) is 3.21. The van der Waals surface area contributed by atoms with E-state index in [2.05, 4.69) is 5.10 Å². The monoisotopic (exact) mass is 445 g/mol. The molecule has 0 saturated carbocycles. The lowest BCUT2D eigenvalue weighted by molar-refractivity contribution is -0.256. The van der Waals surface area contributed by atoms with Crippen molar-refractivity contribution < 1.29 is 23.5 Å². The number of nitrogens with zero attached hydrogens (tertiary/aromatic N) is 2. The fourth-order valence-corrected chi connectivity index (χ4v) is 4.24. The fraction of sp³-hybridized carbons (Fsp3) is 0.136. The Labute approximate surface area is 180 Å². The Morgan fingerprint density at radius 3 is 2.32 bits per heavy atom.